The molecule has 2 N–H and O–H groups in total. The molecule has 0 fully saturated rings. The Balaban J connectivity index is 2.51. The summed E-state index contributed by atoms with van der Waals surface area (Å²) in [6.45, 7) is 4.09. The van der Waals surface area contributed by atoms with E-state index in [1.807, 2.05) is 13.0 Å². The van der Waals surface area contributed by atoms with Gasteiger partial charge in [-0.15, -0.1) is 0 Å². The standard InChI is InChI=1S/C10H14N2O2S/c1-3-14-9(13)6-4-5-8-7(2)12-10(11)15-8/h4-5H,3,6H2,1-2H3,(H2,11,12). The van der Waals surface area contributed by atoms with Gasteiger partial charge in [0.1, 0.15) is 0 Å². The van der Waals surface area contributed by atoms with Crippen molar-refractivity contribution in [2.75, 3.05) is 12.3 Å². The van der Waals surface area contributed by atoms with Crippen molar-refractivity contribution in [2.24, 2.45) is 0 Å². The fourth-order valence-corrected chi connectivity index (χ4v) is 1.83. The molecule has 1 aromatic rings. The molecule has 0 aliphatic heterocycles. The molecule has 0 atom stereocenters. The number of nitrogens with zero attached hydrogens (tertiary/aromatic N) is 1. The van der Waals surface area contributed by atoms with Crippen LogP contribution in [0.15, 0.2) is 6.08 Å². The van der Waals surface area contributed by atoms with Crippen LogP contribution in [-0.2, 0) is 9.53 Å². The first kappa shape index (κ1) is 11.7. The maximum absolute atomic E-state index is 11.0. The number of hydrogen-bond donors (Lipinski definition) is 1. The average molecular weight is 226 g/mol. The largest absolute Gasteiger partial charge is 0.466 e. The Morgan fingerprint density at radius 1 is 1.67 bits per heavy atom. The van der Waals surface area contributed by atoms with Crippen molar-refractivity contribution >= 4 is 28.5 Å². The maximum Gasteiger partial charge on any atom is 0.309 e. The minimum Gasteiger partial charge on any atom is -0.466 e. The lowest BCUT2D eigenvalue weighted by molar-refractivity contribution is -0.142. The Labute approximate surface area is 92.8 Å². The first-order valence-corrected chi connectivity index (χ1v) is 5.50. The van der Waals surface area contributed by atoms with Crippen LogP contribution in [0.1, 0.15) is 23.9 Å². The molecule has 1 heterocycles. The van der Waals surface area contributed by atoms with Gasteiger partial charge in [0.25, 0.3) is 0 Å². The highest BCUT2D eigenvalue weighted by Crippen LogP contribution is 2.21. The van der Waals surface area contributed by atoms with E-state index >= 15 is 0 Å². The second-order valence-corrected chi connectivity index (χ2v) is 3.98. The van der Waals surface area contributed by atoms with Gasteiger partial charge in [0.05, 0.1) is 23.6 Å². The number of carbonyl (C=O) groups is 1. The number of ether oxygens (including phenoxy) is 1. The van der Waals surface area contributed by atoms with Gasteiger partial charge >= 0.3 is 5.97 Å². The summed E-state index contributed by atoms with van der Waals surface area (Å²) >= 11 is 1.41. The SMILES string of the molecule is CCOC(=O)CC=Cc1sc(N)nc1C. The van der Waals surface area contributed by atoms with E-state index in [1.54, 1.807) is 13.0 Å². The van der Waals surface area contributed by atoms with Gasteiger partial charge in [-0.05, 0) is 19.9 Å². The van der Waals surface area contributed by atoms with Gasteiger partial charge in [0.15, 0.2) is 5.13 Å². The van der Waals surface area contributed by atoms with Crippen molar-refractivity contribution in [3.05, 3.63) is 16.6 Å². The number of hydrogen-bond acceptors (Lipinski definition) is 5. The van der Waals surface area contributed by atoms with E-state index in [9.17, 15) is 4.79 Å². The van der Waals surface area contributed by atoms with Crippen molar-refractivity contribution in [1.82, 2.24) is 4.98 Å². The van der Waals surface area contributed by atoms with Gasteiger partial charge in [0, 0.05) is 0 Å². The highest BCUT2D eigenvalue weighted by molar-refractivity contribution is 7.16. The number of rotatable bonds is 4. The minimum absolute atomic E-state index is 0.219. The van der Waals surface area contributed by atoms with Crippen LogP contribution in [-0.4, -0.2) is 17.6 Å². The highest BCUT2D eigenvalue weighted by Gasteiger charge is 2.02. The summed E-state index contributed by atoms with van der Waals surface area (Å²) in [5.41, 5.74) is 6.43. The number of aromatic nitrogens is 1. The van der Waals surface area contributed by atoms with E-state index in [2.05, 4.69) is 4.98 Å². The lowest BCUT2D eigenvalue weighted by Gasteiger charge is -1.96. The van der Waals surface area contributed by atoms with Crippen LogP contribution in [0.4, 0.5) is 5.13 Å². The van der Waals surface area contributed by atoms with Crippen molar-refractivity contribution in [2.45, 2.75) is 20.3 Å². The zero-order valence-electron chi connectivity index (χ0n) is 8.82. The monoisotopic (exact) mass is 226 g/mol. The number of esters is 1. The Morgan fingerprint density at radius 3 is 2.93 bits per heavy atom. The maximum atomic E-state index is 11.0. The normalized spacial score (nSPS) is 10.8. The van der Waals surface area contributed by atoms with E-state index in [-0.39, 0.29) is 12.4 Å². The van der Waals surface area contributed by atoms with Crippen molar-refractivity contribution < 1.29 is 9.53 Å². The molecule has 0 radical (unpaired) electrons. The molecule has 0 aliphatic carbocycles. The predicted octanol–water partition coefficient (Wildman–Crippen LogP) is 2.00. The molecule has 4 nitrogen and oxygen atoms in total. The Morgan fingerprint density at radius 2 is 2.40 bits per heavy atom. The molecule has 0 unspecified atom stereocenters. The smallest absolute Gasteiger partial charge is 0.309 e. The van der Waals surface area contributed by atoms with Crippen LogP contribution in [0.25, 0.3) is 6.08 Å². The Hall–Kier alpha value is -1.36. The summed E-state index contributed by atoms with van der Waals surface area (Å²) in [7, 11) is 0. The second-order valence-electron chi connectivity index (χ2n) is 2.91. The summed E-state index contributed by atoms with van der Waals surface area (Å²) in [4.78, 5) is 16.1. The van der Waals surface area contributed by atoms with Crippen LogP contribution in [0.5, 0.6) is 0 Å². The van der Waals surface area contributed by atoms with Crippen LogP contribution in [0.2, 0.25) is 0 Å². The van der Waals surface area contributed by atoms with Crippen molar-refractivity contribution in [1.29, 1.82) is 0 Å². The van der Waals surface area contributed by atoms with Crippen LogP contribution >= 0.6 is 11.3 Å². The number of thiazole rings is 1. The van der Waals surface area contributed by atoms with Crippen molar-refractivity contribution in [3.63, 3.8) is 0 Å². The topological polar surface area (TPSA) is 65.2 Å². The predicted molar refractivity (Wildman–Crippen MR) is 61.5 cm³/mol. The zero-order valence-corrected chi connectivity index (χ0v) is 9.63. The number of nitrogen functional groups attached to an aromatic ring is 1. The van der Waals surface area contributed by atoms with Crippen LogP contribution < -0.4 is 5.73 Å². The summed E-state index contributed by atoms with van der Waals surface area (Å²) in [5, 5.41) is 0.545. The van der Waals surface area contributed by atoms with Crippen molar-refractivity contribution in [3.8, 4) is 0 Å². The van der Waals surface area contributed by atoms with E-state index in [0.717, 1.165) is 10.6 Å². The van der Waals surface area contributed by atoms with Gasteiger partial charge in [-0.25, -0.2) is 4.98 Å². The summed E-state index contributed by atoms with van der Waals surface area (Å²) in [6, 6.07) is 0. The van der Waals surface area contributed by atoms with E-state index in [0.29, 0.717) is 11.7 Å². The minimum atomic E-state index is -0.219. The van der Waals surface area contributed by atoms with E-state index < -0.39 is 0 Å². The number of anilines is 1. The van der Waals surface area contributed by atoms with E-state index in [1.165, 1.54) is 11.3 Å². The van der Waals surface area contributed by atoms with Crippen LogP contribution in [0, 0.1) is 6.92 Å². The van der Waals surface area contributed by atoms with Gasteiger partial charge < -0.3 is 10.5 Å². The molecular weight excluding hydrogens is 212 g/mol. The molecule has 1 aromatic heterocycles. The van der Waals surface area contributed by atoms with Gasteiger partial charge in [-0.2, -0.15) is 0 Å². The molecule has 15 heavy (non-hydrogen) atoms. The summed E-state index contributed by atoms with van der Waals surface area (Å²) in [5.74, 6) is -0.219. The summed E-state index contributed by atoms with van der Waals surface area (Å²) in [6.07, 6.45) is 3.89. The molecule has 0 saturated heterocycles. The molecule has 0 bridgehead atoms. The molecule has 0 spiro atoms. The first-order chi connectivity index (χ1) is 7.13. The first-order valence-electron chi connectivity index (χ1n) is 4.68. The molecule has 0 aliphatic rings. The average Bonchev–Trinajstić information content (AvgIpc) is 2.46. The third kappa shape index (κ3) is 3.71. The molecule has 0 saturated carbocycles. The lowest BCUT2D eigenvalue weighted by atomic mass is 10.3. The molecule has 0 amide bonds. The fraction of sp³-hybridized carbons (Fsp3) is 0.400. The molecule has 82 valence electrons. The lowest BCUT2D eigenvalue weighted by Crippen LogP contribution is -2.01. The second kappa shape index (κ2) is 5.50. The molecule has 0 aromatic carbocycles. The van der Waals surface area contributed by atoms with E-state index in [4.69, 9.17) is 10.5 Å². The zero-order chi connectivity index (χ0) is 11.3. The third-order valence-corrected chi connectivity index (χ3v) is 2.66. The molecule has 1 rings (SSSR count). The Kier molecular flexibility index (Phi) is 4.30. The number of carbonyl (C=O) groups excluding carboxylic acids is 1. The van der Waals surface area contributed by atoms with Gasteiger partial charge in [-0.3, -0.25) is 4.79 Å². The number of nitrogens with two attached hydrogens (primary N) is 1. The quantitative estimate of drug-likeness (QED) is 0.797. The van der Waals surface area contributed by atoms with Crippen LogP contribution in [0.3, 0.4) is 0 Å². The molecule has 5 heteroatoms. The van der Waals surface area contributed by atoms with Gasteiger partial charge in [-0.1, -0.05) is 17.4 Å². The number of aryl methyl sites for hydroxylation is 1. The fourth-order valence-electron chi connectivity index (χ4n) is 1.07. The highest BCUT2D eigenvalue weighted by atomic mass is 32.1. The van der Waals surface area contributed by atoms with Gasteiger partial charge in [0.2, 0.25) is 0 Å². The third-order valence-electron chi connectivity index (χ3n) is 1.71. The molecular formula is C10H14N2O2S. The summed E-state index contributed by atoms with van der Waals surface area (Å²) < 4.78 is 4.79. The Bertz CT molecular complexity index is 371.